The molecule has 1 heterocycles. The fraction of sp³-hybridized carbons (Fsp3) is 0.188. The first-order valence-corrected chi connectivity index (χ1v) is 6.36. The fourth-order valence-corrected chi connectivity index (χ4v) is 2.35. The molecule has 0 atom stereocenters. The first kappa shape index (κ1) is 11.8. The van der Waals surface area contributed by atoms with Crippen LogP contribution in [0.2, 0.25) is 0 Å². The molecule has 0 saturated carbocycles. The number of nitrogen functional groups attached to an aromatic ring is 1. The Morgan fingerprint density at radius 2 is 1.95 bits per heavy atom. The van der Waals surface area contributed by atoms with Gasteiger partial charge in [0.05, 0.1) is 12.2 Å². The van der Waals surface area contributed by atoms with Crippen molar-refractivity contribution in [1.29, 1.82) is 0 Å². The average molecular weight is 253 g/mol. The van der Waals surface area contributed by atoms with E-state index in [0.717, 1.165) is 23.3 Å². The van der Waals surface area contributed by atoms with Gasteiger partial charge in [0.1, 0.15) is 5.75 Å². The zero-order chi connectivity index (χ0) is 13.2. The molecular weight excluding hydrogens is 238 g/mol. The van der Waals surface area contributed by atoms with Crippen molar-refractivity contribution < 1.29 is 9.53 Å². The quantitative estimate of drug-likeness (QED) is 0.675. The lowest BCUT2D eigenvalue weighted by molar-refractivity contribution is 0.0990. The molecule has 1 aliphatic rings. The maximum Gasteiger partial charge on any atom is 0.170 e. The highest BCUT2D eigenvalue weighted by Gasteiger charge is 2.20. The van der Waals surface area contributed by atoms with Gasteiger partial charge in [-0.15, -0.1) is 0 Å². The highest BCUT2D eigenvalue weighted by atomic mass is 16.5. The van der Waals surface area contributed by atoms with E-state index in [1.165, 1.54) is 0 Å². The molecule has 0 bridgehead atoms. The molecule has 0 fully saturated rings. The summed E-state index contributed by atoms with van der Waals surface area (Å²) in [7, 11) is 0. The summed E-state index contributed by atoms with van der Waals surface area (Å²) in [5.41, 5.74) is 9.13. The Hall–Kier alpha value is -2.29. The number of hydrogen-bond donors (Lipinski definition) is 1. The van der Waals surface area contributed by atoms with Crippen molar-refractivity contribution in [2.24, 2.45) is 0 Å². The second-order valence-electron chi connectivity index (χ2n) is 4.73. The van der Waals surface area contributed by atoms with E-state index in [2.05, 4.69) is 0 Å². The molecule has 2 N–H and O–H groups in total. The first-order chi connectivity index (χ1) is 9.24. The standard InChI is InChI=1S/C16H15NO2/c17-13-6-4-11(5-7-13)10-15(18)14-3-1-2-12-8-9-19-16(12)14/h1-7H,8-10,17H2. The molecule has 0 aromatic heterocycles. The highest BCUT2D eigenvalue weighted by molar-refractivity contribution is 6.00. The first-order valence-electron chi connectivity index (χ1n) is 6.36. The van der Waals surface area contributed by atoms with E-state index in [1.54, 1.807) is 0 Å². The Labute approximate surface area is 112 Å². The minimum Gasteiger partial charge on any atom is -0.492 e. The minimum atomic E-state index is 0.0866. The largest absolute Gasteiger partial charge is 0.492 e. The van der Waals surface area contributed by atoms with Crippen LogP contribution < -0.4 is 10.5 Å². The molecule has 96 valence electrons. The molecule has 0 radical (unpaired) electrons. The predicted molar refractivity (Wildman–Crippen MR) is 74.5 cm³/mol. The predicted octanol–water partition coefficient (Wildman–Crippen LogP) is 2.63. The van der Waals surface area contributed by atoms with E-state index < -0.39 is 0 Å². The van der Waals surface area contributed by atoms with Crippen molar-refractivity contribution in [3.63, 3.8) is 0 Å². The summed E-state index contributed by atoms with van der Waals surface area (Å²) in [5.74, 6) is 0.853. The zero-order valence-electron chi connectivity index (χ0n) is 10.6. The van der Waals surface area contributed by atoms with Crippen LogP contribution in [0.3, 0.4) is 0 Å². The molecule has 0 saturated heterocycles. The highest BCUT2D eigenvalue weighted by Crippen LogP contribution is 2.30. The van der Waals surface area contributed by atoms with Crippen molar-refractivity contribution in [2.45, 2.75) is 12.8 Å². The van der Waals surface area contributed by atoms with Gasteiger partial charge in [0.15, 0.2) is 5.78 Å². The molecule has 0 spiro atoms. The molecule has 1 aliphatic heterocycles. The van der Waals surface area contributed by atoms with Crippen LogP contribution in [0.5, 0.6) is 5.75 Å². The Morgan fingerprint density at radius 3 is 2.74 bits per heavy atom. The molecule has 2 aromatic carbocycles. The van der Waals surface area contributed by atoms with E-state index in [1.807, 2.05) is 42.5 Å². The molecular formula is C16H15NO2. The summed E-state index contributed by atoms with van der Waals surface area (Å²) in [5, 5.41) is 0. The Bertz CT molecular complexity index is 617. The van der Waals surface area contributed by atoms with Gasteiger partial charge in [0.2, 0.25) is 0 Å². The number of carbonyl (C=O) groups is 1. The van der Waals surface area contributed by atoms with Crippen LogP contribution >= 0.6 is 0 Å². The van der Waals surface area contributed by atoms with E-state index in [4.69, 9.17) is 10.5 Å². The lowest BCUT2D eigenvalue weighted by Gasteiger charge is -2.07. The summed E-state index contributed by atoms with van der Waals surface area (Å²) in [6.45, 7) is 0.668. The number of rotatable bonds is 3. The van der Waals surface area contributed by atoms with Crippen LogP contribution in [0.1, 0.15) is 21.5 Å². The van der Waals surface area contributed by atoms with Gasteiger partial charge in [-0.2, -0.15) is 0 Å². The number of anilines is 1. The smallest absolute Gasteiger partial charge is 0.170 e. The second kappa shape index (κ2) is 4.76. The van der Waals surface area contributed by atoms with E-state index in [9.17, 15) is 4.79 Å². The van der Waals surface area contributed by atoms with E-state index in [-0.39, 0.29) is 5.78 Å². The zero-order valence-corrected chi connectivity index (χ0v) is 10.6. The molecule has 2 aromatic rings. The number of Topliss-reactive ketones (excluding diaryl/α,β-unsaturated/α-hetero) is 1. The number of fused-ring (bicyclic) bond motifs is 1. The summed E-state index contributed by atoms with van der Waals surface area (Å²) in [4.78, 5) is 12.3. The van der Waals surface area contributed by atoms with Gasteiger partial charge < -0.3 is 10.5 Å². The summed E-state index contributed by atoms with van der Waals surface area (Å²) < 4.78 is 5.57. The van der Waals surface area contributed by atoms with Crippen molar-refractivity contribution in [3.8, 4) is 5.75 Å². The van der Waals surface area contributed by atoms with Crippen LogP contribution in [0.4, 0.5) is 5.69 Å². The third-order valence-electron chi connectivity index (χ3n) is 3.36. The van der Waals surface area contributed by atoms with Crippen molar-refractivity contribution in [2.75, 3.05) is 12.3 Å². The van der Waals surface area contributed by atoms with Crippen LogP contribution in [0.25, 0.3) is 0 Å². The third kappa shape index (κ3) is 2.32. The van der Waals surface area contributed by atoms with Crippen molar-refractivity contribution >= 4 is 11.5 Å². The van der Waals surface area contributed by atoms with Gasteiger partial charge in [-0.3, -0.25) is 4.79 Å². The van der Waals surface area contributed by atoms with Gasteiger partial charge in [0.25, 0.3) is 0 Å². The minimum absolute atomic E-state index is 0.0866. The molecule has 3 nitrogen and oxygen atoms in total. The van der Waals surface area contributed by atoms with E-state index in [0.29, 0.717) is 24.3 Å². The third-order valence-corrected chi connectivity index (χ3v) is 3.36. The van der Waals surface area contributed by atoms with Gasteiger partial charge in [-0.25, -0.2) is 0 Å². The molecule has 3 rings (SSSR count). The topological polar surface area (TPSA) is 52.3 Å². The fourth-order valence-electron chi connectivity index (χ4n) is 2.35. The molecule has 0 aliphatic carbocycles. The van der Waals surface area contributed by atoms with Gasteiger partial charge in [-0.05, 0) is 29.3 Å². The van der Waals surface area contributed by atoms with Crippen molar-refractivity contribution in [3.05, 3.63) is 59.2 Å². The molecule has 19 heavy (non-hydrogen) atoms. The van der Waals surface area contributed by atoms with Crippen LogP contribution in [-0.2, 0) is 12.8 Å². The molecule has 3 heteroatoms. The Kier molecular flexibility index (Phi) is 2.95. The molecule has 0 unspecified atom stereocenters. The number of hydrogen-bond acceptors (Lipinski definition) is 3. The lowest BCUT2D eigenvalue weighted by Crippen LogP contribution is -2.05. The summed E-state index contributed by atoms with van der Waals surface area (Å²) in [6.07, 6.45) is 1.26. The van der Waals surface area contributed by atoms with Crippen LogP contribution in [-0.4, -0.2) is 12.4 Å². The van der Waals surface area contributed by atoms with Crippen molar-refractivity contribution in [1.82, 2.24) is 0 Å². The average Bonchev–Trinajstić information content (AvgIpc) is 2.89. The summed E-state index contributed by atoms with van der Waals surface area (Å²) >= 11 is 0. The maximum atomic E-state index is 12.3. The number of ketones is 1. The van der Waals surface area contributed by atoms with Gasteiger partial charge >= 0.3 is 0 Å². The van der Waals surface area contributed by atoms with Gasteiger partial charge in [-0.1, -0.05) is 24.3 Å². The van der Waals surface area contributed by atoms with Crippen LogP contribution in [0.15, 0.2) is 42.5 Å². The lowest BCUT2D eigenvalue weighted by atomic mass is 10.00. The number of carbonyl (C=O) groups excluding carboxylic acids is 1. The van der Waals surface area contributed by atoms with Gasteiger partial charge in [0, 0.05) is 18.5 Å². The number of benzene rings is 2. The monoisotopic (exact) mass is 253 g/mol. The SMILES string of the molecule is Nc1ccc(CC(=O)c2cccc3c2OCC3)cc1. The summed E-state index contributed by atoms with van der Waals surface area (Å²) in [6, 6.07) is 13.2. The van der Waals surface area contributed by atoms with E-state index >= 15 is 0 Å². The maximum absolute atomic E-state index is 12.3. The number of ether oxygens (including phenoxy) is 1. The normalized spacial score (nSPS) is 12.8. The van der Waals surface area contributed by atoms with Crippen LogP contribution in [0, 0.1) is 0 Å². The molecule has 0 amide bonds. The second-order valence-corrected chi connectivity index (χ2v) is 4.73. The number of para-hydroxylation sites is 1. The Morgan fingerprint density at radius 1 is 1.16 bits per heavy atom. The number of nitrogens with two attached hydrogens (primary N) is 1. The Balaban J connectivity index is 1.85.